The Morgan fingerprint density at radius 3 is 2.39 bits per heavy atom. The molecule has 0 aromatic heterocycles. The average Bonchev–Trinajstić information content (AvgIpc) is 2.30. The smallest absolute Gasteiger partial charge is 0.326 e. The molecule has 0 atom stereocenters. The fourth-order valence-corrected chi connectivity index (χ4v) is 1.63. The van der Waals surface area contributed by atoms with Gasteiger partial charge in [0.1, 0.15) is 5.82 Å². The Balaban J connectivity index is 2.11. The van der Waals surface area contributed by atoms with Crippen molar-refractivity contribution in [2.45, 2.75) is 0 Å². The van der Waals surface area contributed by atoms with Crippen LogP contribution in [0.5, 0.6) is 0 Å². The molecule has 1 amide bonds. The van der Waals surface area contributed by atoms with Crippen molar-refractivity contribution < 1.29 is 23.5 Å². The highest BCUT2D eigenvalue weighted by atomic mass is 19.1. The molecule has 1 aromatic rings. The van der Waals surface area contributed by atoms with Gasteiger partial charge >= 0.3 is 5.97 Å². The summed E-state index contributed by atoms with van der Waals surface area (Å²) in [5.41, 5.74) is -0.875. The van der Waals surface area contributed by atoms with Gasteiger partial charge in [0.15, 0.2) is 5.41 Å². The van der Waals surface area contributed by atoms with E-state index in [1.54, 1.807) is 0 Å². The van der Waals surface area contributed by atoms with Crippen molar-refractivity contribution >= 4 is 17.6 Å². The highest BCUT2D eigenvalue weighted by Gasteiger charge is 2.54. The number of methoxy groups -OCH3 is 1. The van der Waals surface area contributed by atoms with Gasteiger partial charge in [0.05, 0.1) is 20.3 Å². The Morgan fingerprint density at radius 2 is 1.94 bits per heavy atom. The molecule has 2 rings (SSSR count). The fraction of sp³-hybridized carbons (Fsp3) is 0.333. The summed E-state index contributed by atoms with van der Waals surface area (Å²) in [6.07, 6.45) is 0. The SMILES string of the molecule is COC(=O)C1(C(=O)Nc2ccc(F)cc2)COC1. The molecule has 0 bridgehead atoms. The van der Waals surface area contributed by atoms with E-state index in [4.69, 9.17) is 4.74 Å². The zero-order valence-corrected chi connectivity index (χ0v) is 9.73. The minimum Gasteiger partial charge on any atom is -0.468 e. The van der Waals surface area contributed by atoms with Crippen LogP contribution in [0, 0.1) is 11.2 Å². The first kappa shape index (κ1) is 12.5. The van der Waals surface area contributed by atoms with Crippen molar-refractivity contribution in [1.29, 1.82) is 0 Å². The van der Waals surface area contributed by atoms with Gasteiger partial charge in [-0.15, -0.1) is 0 Å². The molecule has 1 aliphatic rings. The summed E-state index contributed by atoms with van der Waals surface area (Å²) in [6, 6.07) is 5.27. The topological polar surface area (TPSA) is 64.6 Å². The molecule has 0 radical (unpaired) electrons. The Hall–Kier alpha value is -1.95. The van der Waals surface area contributed by atoms with Crippen LogP contribution in [0.2, 0.25) is 0 Å². The number of nitrogens with one attached hydrogen (secondary N) is 1. The summed E-state index contributed by atoms with van der Waals surface area (Å²) in [5, 5.41) is 2.54. The number of benzene rings is 1. The number of amides is 1. The molecule has 0 saturated carbocycles. The molecule has 1 heterocycles. The van der Waals surface area contributed by atoms with E-state index in [-0.39, 0.29) is 13.2 Å². The van der Waals surface area contributed by atoms with Crippen molar-refractivity contribution in [1.82, 2.24) is 0 Å². The predicted molar refractivity (Wildman–Crippen MR) is 60.3 cm³/mol. The first-order chi connectivity index (χ1) is 8.58. The van der Waals surface area contributed by atoms with Gasteiger partial charge in [0, 0.05) is 5.69 Å². The Labute approximate surface area is 103 Å². The van der Waals surface area contributed by atoms with Crippen molar-refractivity contribution in [3.8, 4) is 0 Å². The fourth-order valence-electron chi connectivity index (χ4n) is 1.63. The standard InChI is InChI=1S/C12H12FNO4/c1-17-11(16)12(6-18-7-12)10(15)14-9-4-2-8(13)3-5-9/h2-5H,6-7H2,1H3,(H,14,15). The summed E-state index contributed by atoms with van der Waals surface area (Å²) >= 11 is 0. The van der Waals surface area contributed by atoms with E-state index >= 15 is 0 Å². The van der Waals surface area contributed by atoms with Crippen LogP contribution in [0.1, 0.15) is 0 Å². The van der Waals surface area contributed by atoms with Crippen LogP contribution in [0.3, 0.4) is 0 Å². The zero-order valence-electron chi connectivity index (χ0n) is 9.73. The number of anilines is 1. The third kappa shape index (κ3) is 2.06. The lowest BCUT2D eigenvalue weighted by Crippen LogP contribution is -2.57. The minimum atomic E-state index is -1.29. The second kappa shape index (κ2) is 4.73. The summed E-state index contributed by atoms with van der Waals surface area (Å²) in [5.74, 6) is -1.54. The molecule has 0 aliphatic carbocycles. The highest BCUT2D eigenvalue weighted by molar-refractivity contribution is 6.09. The van der Waals surface area contributed by atoms with Gasteiger partial charge in [0.2, 0.25) is 5.91 Å². The van der Waals surface area contributed by atoms with Crippen LogP contribution in [0.15, 0.2) is 24.3 Å². The van der Waals surface area contributed by atoms with Crippen molar-refractivity contribution in [2.24, 2.45) is 5.41 Å². The van der Waals surface area contributed by atoms with Gasteiger partial charge in [-0.05, 0) is 24.3 Å². The summed E-state index contributed by atoms with van der Waals surface area (Å²) < 4.78 is 22.2. The molecule has 18 heavy (non-hydrogen) atoms. The van der Waals surface area contributed by atoms with Gasteiger partial charge < -0.3 is 14.8 Å². The van der Waals surface area contributed by atoms with E-state index in [1.807, 2.05) is 0 Å². The maximum atomic E-state index is 12.7. The second-order valence-electron chi connectivity index (χ2n) is 4.03. The summed E-state index contributed by atoms with van der Waals surface area (Å²) in [6.45, 7) is -0.0145. The number of hydrogen-bond donors (Lipinski definition) is 1. The van der Waals surface area contributed by atoms with E-state index in [0.29, 0.717) is 5.69 Å². The number of rotatable bonds is 3. The van der Waals surface area contributed by atoms with Crippen molar-refractivity contribution in [3.05, 3.63) is 30.1 Å². The van der Waals surface area contributed by atoms with Crippen molar-refractivity contribution in [2.75, 3.05) is 25.6 Å². The highest BCUT2D eigenvalue weighted by Crippen LogP contribution is 2.30. The first-order valence-corrected chi connectivity index (χ1v) is 5.32. The molecule has 1 saturated heterocycles. The van der Waals surface area contributed by atoms with Gasteiger partial charge in [-0.1, -0.05) is 0 Å². The Bertz CT molecular complexity index is 467. The maximum absolute atomic E-state index is 12.7. The average molecular weight is 253 g/mol. The third-order valence-corrected chi connectivity index (χ3v) is 2.81. The lowest BCUT2D eigenvalue weighted by Gasteiger charge is -2.36. The van der Waals surface area contributed by atoms with Gasteiger partial charge in [-0.2, -0.15) is 0 Å². The van der Waals surface area contributed by atoms with E-state index in [1.165, 1.54) is 31.4 Å². The van der Waals surface area contributed by atoms with E-state index in [0.717, 1.165) is 0 Å². The number of halogens is 1. The molecule has 0 unspecified atom stereocenters. The molecule has 5 nitrogen and oxygen atoms in total. The number of carbonyl (C=O) groups is 2. The van der Waals surface area contributed by atoms with Crippen LogP contribution in [0.25, 0.3) is 0 Å². The largest absolute Gasteiger partial charge is 0.468 e. The van der Waals surface area contributed by atoms with E-state index < -0.39 is 23.1 Å². The predicted octanol–water partition coefficient (Wildman–Crippen LogP) is 0.954. The first-order valence-electron chi connectivity index (χ1n) is 5.32. The normalized spacial score (nSPS) is 16.6. The van der Waals surface area contributed by atoms with Gasteiger partial charge in [0.25, 0.3) is 0 Å². The lowest BCUT2D eigenvalue weighted by molar-refractivity contribution is -0.185. The number of ether oxygens (including phenoxy) is 2. The molecule has 96 valence electrons. The van der Waals surface area contributed by atoms with Gasteiger partial charge in [-0.3, -0.25) is 9.59 Å². The van der Waals surface area contributed by atoms with Crippen LogP contribution in [-0.2, 0) is 19.1 Å². The summed E-state index contributed by atoms with van der Waals surface area (Å²) in [7, 11) is 1.22. The second-order valence-corrected chi connectivity index (χ2v) is 4.03. The molecule has 1 aromatic carbocycles. The Morgan fingerprint density at radius 1 is 1.33 bits per heavy atom. The number of hydrogen-bond acceptors (Lipinski definition) is 4. The number of carbonyl (C=O) groups excluding carboxylic acids is 2. The number of esters is 1. The van der Waals surface area contributed by atoms with Crippen LogP contribution in [0.4, 0.5) is 10.1 Å². The molecular formula is C12H12FNO4. The van der Waals surface area contributed by atoms with Crippen molar-refractivity contribution in [3.63, 3.8) is 0 Å². The van der Waals surface area contributed by atoms with E-state index in [9.17, 15) is 14.0 Å². The third-order valence-electron chi connectivity index (χ3n) is 2.81. The quantitative estimate of drug-likeness (QED) is 0.643. The molecule has 1 fully saturated rings. The van der Waals surface area contributed by atoms with Crippen LogP contribution < -0.4 is 5.32 Å². The maximum Gasteiger partial charge on any atom is 0.326 e. The minimum absolute atomic E-state index is 0.00724. The van der Waals surface area contributed by atoms with Crippen LogP contribution in [-0.4, -0.2) is 32.2 Å². The summed E-state index contributed by atoms with van der Waals surface area (Å²) in [4.78, 5) is 23.6. The molecule has 6 heteroatoms. The van der Waals surface area contributed by atoms with Crippen LogP contribution >= 0.6 is 0 Å². The molecular weight excluding hydrogens is 241 g/mol. The molecule has 1 aliphatic heterocycles. The molecule has 1 N–H and O–H groups in total. The Kier molecular flexibility index (Phi) is 3.29. The zero-order chi connectivity index (χ0) is 13.2. The lowest BCUT2D eigenvalue weighted by atomic mass is 9.85. The van der Waals surface area contributed by atoms with Gasteiger partial charge in [-0.25, -0.2) is 4.39 Å². The molecule has 0 spiro atoms. The monoisotopic (exact) mass is 253 g/mol. The van der Waals surface area contributed by atoms with E-state index in [2.05, 4.69) is 10.1 Å².